The number of nitrogens with one attached hydrogen (secondary N) is 2. The van der Waals surface area contributed by atoms with E-state index in [2.05, 4.69) is 25.7 Å². The van der Waals surface area contributed by atoms with E-state index in [0.29, 0.717) is 22.0 Å². The number of nitrogens with two attached hydrogens (primary N) is 2. The first-order valence-corrected chi connectivity index (χ1v) is 20.6. The van der Waals surface area contributed by atoms with E-state index in [1.54, 1.807) is 32.0 Å². The molecule has 0 radical (unpaired) electrons. The Balaban J connectivity index is 1.16. The first-order chi connectivity index (χ1) is 31.0. The predicted octanol–water partition coefficient (Wildman–Crippen LogP) is 4.64. The molecule has 0 fully saturated rings. The van der Waals surface area contributed by atoms with Crippen LogP contribution in [0.1, 0.15) is 47.4 Å². The zero-order chi connectivity index (χ0) is 47.1. The van der Waals surface area contributed by atoms with Gasteiger partial charge in [0.2, 0.25) is 23.6 Å². The molecular weight excluding hydrogens is 892 g/mol. The van der Waals surface area contributed by atoms with E-state index in [9.17, 15) is 38.0 Å². The molecule has 6 N–H and O–H groups in total. The fraction of sp³-hybridized carbons (Fsp3) is 0.279. The van der Waals surface area contributed by atoms with Gasteiger partial charge in [-0.1, -0.05) is 41.4 Å². The molecule has 0 bridgehead atoms. The number of rotatable bonds is 18. The van der Waals surface area contributed by atoms with Gasteiger partial charge in [-0.3, -0.25) is 33.0 Å². The SMILES string of the molecule is CC(C)N(CC(=O)NCc1cc(-c2ccc3c(c2)c(C(N)=O)nn3CC(=O)N(CCCF)CC(=O)NCc2cccc(Cl)c2F)cc(Cl)c1F)C(=O)Cn1cc(C#N)c2c(N)ncnc21. The van der Waals surface area contributed by atoms with Gasteiger partial charge >= 0.3 is 0 Å². The van der Waals surface area contributed by atoms with Crippen molar-refractivity contribution in [1.29, 1.82) is 5.26 Å². The van der Waals surface area contributed by atoms with Gasteiger partial charge in [-0.2, -0.15) is 10.4 Å². The van der Waals surface area contributed by atoms with Crippen LogP contribution in [0.2, 0.25) is 10.0 Å². The first-order valence-electron chi connectivity index (χ1n) is 19.9. The summed E-state index contributed by atoms with van der Waals surface area (Å²) in [5.41, 5.74) is 13.1. The molecule has 0 aliphatic carbocycles. The van der Waals surface area contributed by atoms with Gasteiger partial charge in [0.15, 0.2) is 5.69 Å². The van der Waals surface area contributed by atoms with Crippen LogP contribution in [0.25, 0.3) is 33.1 Å². The Morgan fingerprint density at radius 2 is 1.60 bits per heavy atom. The largest absolute Gasteiger partial charge is 0.383 e. The van der Waals surface area contributed by atoms with Crippen LogP contribution in [0.5, 0.6) is 0 Å². The number of amides is 5. The second-order valence-corrected chi connectivity index (χ2v) is 15.8. The highest BCUT2D eigenvalue weighted by molar-refractivity contribution is 6.31. The van der Waals surface area contributed by atoms with Crippen LogP contribution >= 0.6 is 23.2 Å². The van der Waals surface area contributed by atoms with E-state index in [1.165, 1.54) is 57.0 Å². The number of aromatic nitrogens is 5. The lowest BCUT2D eigenvalue weighted by atomic mass is 10.0. The van der Waals surface area contributed by atoms with Crippen LogP contribution < -0.4 is 22.1 Å². The summed E-state index contributed by atoms with van der Waals surface area (Å²) in [5.74, 6) is -4.73. The van der Waals surface area contributed by atoms with Crippen LogP contribution in [0.4, 0.5) is 19.0 Å². The molecule has 0 spiro atoms. The van der Waals surface area contributed by atoms with Gasteiger partial charge < -0.3 is 36.5 Å². The Morgan fingerprint density at radius 1 is 0.892 bits per heavy atom. The number of benzene rings is 3. The van der Waals surface area contributed by atoms with Crippen molar-refractivity contribution >= 4 is 80.5 Å². The lowest BCUT2D eigenvalue weighted by molar-refractivity contribution is -0.138. The lowest BCUT2D eigenvalue weighted by Crippen LogP contribution is -2.45. The number of hydrogen-bond acceptors (Lipinski definition) is 10. The van der Waals surface area contributed by atoms with Gasteiger partial charge in [-0.25, -0.2) is 18.7 Å². The average molecular weight is 934 g/mol. The quantitative estimate of drug-likeness (QED) is 0.0931. The van der Waals surface area contributed by atoms with Crippen LogP contribution in [0.15, 0.2) is 61.1 Å². The molecule has 5 amide bonds. The lowest BCUT2D eigenvalue weighted by Gasteiger charge is -2.26. The molecule has 22 heteroatoms. The Bertz CT molecular complexity index is 2880. The number of primary amides is 1. The van der Waals surface area contributed by atoms with Crippen molar-refractivity contribution in [2.24, 2.45) is 5.73 Å². The number of halogens is 5. The number of carbonyl (C=O) groups is 5. The van der Waals surface area contributed by atoms with E-state index < -0.39 is 73.5 Å². The molecule has 6 rings (SSSR count). The summed E-state index contributed by atoms with van der Waals surface area (Å²) in [7, 11) is 0. The van der Waals surface area contributed by atoms with Crippen molar-refractivity contribution in [3.8, 4) is 17.2 Å². The molecule has 0 saturated carbocycles. The fourth-order valence-electron chi connectivity index (χ4n) is 7.03. The molecule has 0 aliphatic heterocycles. The average Bonchev–Trinajstić information content (AvgIpc) is 3.82. The van der Waals surface area contributed by atoms with Gasteiger partial charge in [0.05, 0.1) is 46.3 Å². The van der Waals surface area contributed by atoms with Crippen LogP contribution in [0, 0.1) is 23.0 Å². The molecule has 338 valence electrons. The maximum Gasteiger partial charge on any atom is 0.269 e. The van der Waals surface area contributed by atoms with Crippen molar-refractivity contribution in [3.05, 3.63) is 105 Å². The second-order valence-electron chi connectivity index (χ2n) is 15.0. The molecule has 17 nitrogen and oxygen atoms in total. The molecule has 0 aliphatic rings. The summed E-state index contributed by atoms with van der Waals surface area (Å²) in [6.07, 6.45) is 2.56. The number of alkyl halides is 1. The van der Waals surface area contributed by atoms with Gasteiger partial charge in [0.1, 0.15) is 48.6 Å². The number of nitrogens with zero attached hydrogens (tertiary/aromatic N) is 8. The summed E-state index contributed by atoms with van der Waals surface area (Å²) in [5, 5.41) is 19.1. The third kappa shape index (κ3) is 10.8. The Kier molecular flexibility index (Phi) is 14.9. The summed E-state index contributed by atoms with van der Waals surface area (Å²) in [6, 6.07) is 13.4. The summed E-state index contributed by atoms with van der Waals surface area (Å²) in [6.45, 7) is 0.356. The monoisotopic (exact) mass is 932 g/mol. The summed E-state index contributed by atoms with van der Waals surface area (Å²) >= 11 is 12.2. The van der Waals surface area contributed by atoms with E-state index >= 15 is 4.39 Å². The number of fused-ring (bicyclic) bond motifs is 2. The Hall–Kier alpha value is -7.24. The summed E-state index contributed by atoms with van der Waals surface area (Å²) in [4.78, 5) is 76.3. The van der Waals surface area contributed by atoms with Crippen LogP contribution in [0.3, 0.4) is 0 Å². The number of carbonyl (C=O) groups excluding carboxylic acids is 5. The minimum atomic E-state index is -0.929. The molecule has 0 saturated heterocycles. The third-order valence-corrected chi connectivity index (χ3v) is 10.9. The maximum absolute atomic E-state index is 15.4. The van der Waals surface area contributed by atoms with Crippen molar-refractivity contribution in [3.63, 3.8) is 0 Å². The number of anilines is 1. The van der Waals surface area contributed by atoms with Crippen LogP contribution in [-0.4, -0.2) is 96.0 Å². The first kappa shape index (κ1) is 47.2. The normalized spacial score (nSPS) is 11.2. The number of nitrogen functional groups attached to an aromatic ring is 1. The van der Waals surface area contributed by atoms with E-state index in [-0.39, 0.29) is 81.9 Å². The maximum atomic E-state index is 15.4. The Labute approximate surface area is 379 Å². The highest BCUT2D eigenvalue weighted by Gasteiger charge is 2.25. The van der Waals surface area contributed by atoms with Gasteiger partial charge in [-0.15, -0.1) is 0 Å². The fourth-order valence-corrected chi connectivity index (χ4v) is 7.47. The van der Waals surface area contributed by atoms with Crippen molar-refractivity contribution in [1.82, 2.24) is 44.7 Å². The molecule has 65 heavy (non-hydrogen) atoms. The molecule has 0 unspecified atom stereocenters. The van der Waals surface area contributed by atoms with Gasteiger partial charge in [0, 0.05) is 48.4 Å². The highest BCUT2D eigenvalue weighted by Crippen LogP contribution is 2.32. The molecular formula is C43H41Cl2F3N12O5. The topological polar surface area (TPSA) is 240 Å². The molecule has 3 aromatic carbocycles. The van der Waals surface area contributed by atoms with Crippen molar-refractivity contribution in [2.45, 2.75) is 52.5 Å². The predicted molar refractivity (Wildman–Crippen MR) is 234 cm³/mol. The summed E-state index contributed by atoms with van der Waals surface area (Å²) < 4.78 is 45.7. The van der Waals surface area contributed by atoms with Crippen molar-refractivity contribution in [2.75, 3.05) is 32.0 Å². The molecule has 0 atom stereocenters. The molecule has 3 heterocycles. The third-order valence-electron chi connectivity index (χ3n) is 10.3. The molecule has 6 aromatic rings. The van der Waals surface area contributed by atoms with Crippen molar-refractivity contribution < 1.29 is 37.1 Å². The zero-order valence-electron chi connectivity index (χ0n) is 34.9. The van der Waals surface area contributed by atoms with Gasteiger partial charge in [-0.05, 0) is 61.7 Å². The number of nitriles is 1. The minimum absolute atomic E-state index is 0.00462. The minimum Gasteiger partial charge on any atom is -0.383 e. The standard InChI is InChI=1S/C43H41Cl2F3N12O5/c1-23(2)59(36(64)20-58-17-28(14-49)37-41(50)54-22-55-43(37)58)19-34(62)53-16-27-11-26(13-31(45)39(27)48)24-7-8-32-29(12-24)40(42(51)65)56-60(32)21-35(63)57(10-4-9-46)18-33(61)52-15-25-5-3-6-30(44)38(25)47/h3,5-8,11-13,17,22-23H,4,9-10,15-16,18-21H2,1-2H3,(H2,51,65)(H,52,61)(H,53,62)(H2,50,54,55). The van der Waals surface area contributed by atoms with Gasteiger partial charge in [0.25, 0.3) is 5.91 Å². The van der Waals surface area contributed by atoms with E-state index in [0.717, 1.165) is 4.90 Å². The second kappa shape index (κ2) is 20.5. The van der Waals surface area contributed by atoms with E-state index in [4.69, 9.17) is 34.7 Å². The van der Waals surface area contributed by atoms with E-state index in [1.807, 2.05) is 6.07 Å². The molecule has 3 aromatic heterocycles. The van der Waals surface area contributed by atoms with Crippen LogP contribution in [-0.2, 0) is 45.4 Å². The smallest absolute Gasteiger partial charge is 0.269 e. The number of hydrogen-bond donors (Lipinski definition) is 4. The zero-order valence-corrected chi connectivity index (χ0v) is 36.4. The highest BCUT2D eigenvalue weighted by atomic mass is 35.5. The Morgan fingerprint density at radius 3 is 2.29 bits per heavy atom.